The van der Waals surface area contributed by atoms with E-state index in [2.05, 4.69) is 10.9 Å². The second-order valence-corrected chi connectivity index (χ2v) is 6.32. The number of ether oxygens (including phenoxy) is 2. The molecule has 0 heterocycles. The molecule has 0 aliphatic carbocycles. The molecule has 0 radical (unpaired) electrons. The van der Waals surface area contributed by atoms with Crippen molar-refractivity contribution < 1.29 is 19.1 Å². The zero-order valence-electron chi connectivity index (χ0n) is 16.2. The molecule has 1 atom stereocenters. The van der Waals surface area contributed by atoms with Crippen LogP contribution in [0.1, 0.15) is 41.8 Å². The fraction of sp³-hybridized carbons (Fsp3) is 0.333. The van der Waals surface area contributed by atoms with E-state index in [9.17, 15) is 9.59 Å². The third-order valence-electron chi connectivity index (χ3n) is 3.91. The predicted octanol–water partition coefficient (Wildman–Crippen LogP) is 3.32. The smallest absolute Gasteiger partial charge is 0.279 e. The molecule has 0 aromatic heterocycles. The van der Waals surface area contributed by atoms with Crippen molar-refractivity contribution in [2.24, 2.45) is 0 Å². The summed E-state index contributed by atoms with van der Waals surface area (Å²) in [4.78, 5) is 24.6. The number of carbonyl (C=O) groups excluding carboxylic acids is 2. The van der Waals surface area contributed by atoms with Crippen LogP contribution in [-0.2, 0) is 4.79 Å². The fourth-order valence-corrected chi connectivity index (χ4v) is 2.36. The van der Waals surface area contributed by atoms with Crippen molar-refractivity contribution in [3.63, 3.8) is 0 Å². The highest BCUT2D eigenvalue weighted by molar-refractivity contribution is 5.98. The van der Waals surface area contributed by atoms with Crippen LogP contribution < -0.4 is 20.3 Å². The Morgan fingerprint density at radius 1 is 1.04 bits per heavy atom. The Hall–Kier alpha value is -3.02. The van der Waals surface area contributed by atoms with Crippen molar-refractivity contribution in [2.45, 2.75) is 40.2 Å². The number of hydrogen-bond donors (Lipinski definition) is 2. The molecule has 0 fully saturated rings. The van der Waals surface area contributed by atoms with Gasteiger partial charge in [-0.05, 0) is 56.5 Å². The Bertz CT molecular complexity index is 805. The molecule has 27 heavy (non-hydrogen) atoms. The number of aryl methyl sites for hydroxylation is 2. The lowest BCUT2D eigenvalue weighted by Gasteiger charge is -2.17. The average molecular weight is 370 g/mol. The molecule has 6 nitrogen and oxygen atoms in total. The summed E-state index contributed by atoms with van der Waals surface area (Å²) in [5.74, 6) is 0.221. The van der Waals surface area contributed by atoms with Crippen LogP contribution in [-0.4, -0.2) is 24.5 Å². The van der Waals surface area contributed by atoms with Crippen LogP contribution in [0.5, 0.6) is 11.5 Å². The molecular formula is C21H26N2O4. The monoisotopic (exact) mass is 370 g/mol. The lowest BCUT2D eigenvalue weighted by molar-refractivity contribution is -0.128. The quantitative estimate of drug-likeness (QED) is 0.733. The maximum Gasteiger partial charge on any atom is 0.279 e. The van der Waals surface area contributed by atoms with Gasteiger partial charge < -0.3 is 9.47 Å². The first-order chi connectivity index (χ1) is 12.9. The number of carbonyl (C=O) groups is 2. The van der Waals surface area contributed by atoms with Crippen LogP contribution in [0.2, 0.25) is 0 Å². The number of amides is 2. The van der Waals surface area contributed by atoms with Gasteiger partial charge in [-0.2, -0.15) is 0 Å². The van der Waals surface area contributed by atoms with Gasteiger partial charge in [-0.25, -0.2) is 0 Å². The minimum Gasteiger partial charge on any atom is -0.493 e. The standard InChI is InChI=1S/C21H26N2O4/c1-5-12-26-18-9-7-6-8-17(18)21(25)23-22-20(24)16(4)27-19-13-14(2)10-11-15(19)3/h6-11,13,16H,5,12H2,1-4H3,(H,22,24)(H,23,25). The molecule has 144 valence electrons. The lowest BCUT2D eigenvalue weighted by Crippen LogP contribution is -2.47. The van der Waals surface area contributed by atoms with E-state index >= 15 is 0 Å². The number of hydrazine groups is 1. The van der Waals surface area contributed by atoms with E-state index in [1.807, 2.05) is 39.0 Å². The van der Waals surface area contributed by atoms with E-state index in [-0.39, 0.29) is 0 Å². The Balaban J connectivity index is 1.94. The van der Waals surface area contributed by atoms with E-state index in [1.165, 1.54) is 0 Å². The van der Waals surface area contributed by atoms with Crippen molar-refractivity contribution in [3.8, 4) is 11.5 Å². The van der Waals surface area contributed by atoms with Crippen LogP contribution in [0.4, 0.5) is 0 Å². The number of rotatable bonds is 7. The molecule has 0 aliphatic heterocycles. The minimum absolute atomic E-state index is 0.356. The molecule has 0 saturated carbocycles. The zero-order valence-corrected chi connectivity index (χ0v) is 16.2. The molecule has 1 unspecified atom stereocenters. The summed E-state index contributed by atoms with van der Waals surface area (Å²) in [5.41, 5.74) is 7.14. The summed E-state index contributed by atoms with van der Waals surface area (Å²) < 4.78 is 11.3. The van der Waals surface area contributed by atoms with Crippen molar-refractivity contribution in [2.75, 3.05) is 6.61 Å². The first kappa shape index (κ1) is 20.3. The van der Waals surface area contributed by atoms with E-state index < -0.39 is 17.9 Å². The summed E-state index contributed by atoms with van der Waals surface area (Å²) in [6, 6.07) is 12.7. The summed E-state index contributed by atoms with van der Waals surface area (Å²) in [6.45, 7) is 7.99. The molecule has 2 aromatic carbocycles. The van der Waals surface area contributed by atoms with E-state index in [4.69, 9.17) is 9.47 Å². The van der Waals surface area contributed by atoms with Crippen LogP contribution in [0.3, 0.4) is 0 Å². The third-order valence-corrected chi connectivity index (χ3v) is 3.91. The first-order valence-corrected chi connectivity index (χ1v) is 8.98. The topological polar surface area (TPSA) is 76.7 Å². The second kappa shape index (κ2) is 9.62. The molecule has 2 aromatic rings. The Kier molecular flexibility index (Phi) is 7.23. The van der Waals surface area contributed by atoms with Gasteiger partial charge in [0.05, 0.1) is 12.2 Å². The van der Waals surface area contributed by atoms with Crippen molar-refractivity contribution in [3.05, 3.63) is 59.2 Å². The Morgan fingerprint density at radius 3 is 2.52 bits per heavy atom. The van der Waals surface area contributed by atoms with Crippen molar-refractivity contribution in [1.29, 1.82) is 0 Å². The zero-order chi connectivity index (χ0) is 19.8. The molecule has 2 rings (SSSR count). The number of para-hydroxylation sites is 1. The second-order valence-electron chi connectivity index (χ2n) is 6.32. The van der Waals surface area contributed by atoms with Gasteiger partial charge >= 0.3 is 0 Å². The highest BCUT2D eigenvalue weighted by Gasteiger charge is 2.18. The molecular weight excluding hydrogens is 344 g/mol. The van der Waals surface area contributed by atoms with Gasteiger partial charge in [-0.1, -0.05) is 31.2 Å². The maximum atomic E-state index is 12.4. The largest absolute Gasteiger partial charge is 0.493 e. The fourth-order valence-electron chi connectivity index (χ4n) is 2.36. The normalized spacial score (nSPS) is 11.4. The highest BCUT2D eigenvalue weighted by Crippen LogP contribution is 2.20. The van der Waals surface area contributed by atoms with Crippen molar-refractivity contribution >= 4 is 11.8 Å². The minimum atomic E-state index is -0.766. The van der Waals surface area contributed by atoms with Gasteiger partial charge in [0.1, 0.15) is 11.5 Å². The molecule has 0 spiro atoms. The highest BCUT2D eigenvalue weighted by atomic mass is 16.5. The third kappa shape index (κ3) is 5.74. The van der Waals surface area contributed by atoms with Gasteiger partial charge in [0, 0.05) is 0 Å². The number of benzene rings is 2. The van der Waals surface area contributed by atoms with Crippen LogP contribution >= 0.6 is 0 Å². The SMILES string of the molecule is CCCOc1ccccc1C(=O)NNC(=O)C(C)Oc1cc(C)ccc1C. The predicted molar refractivity (Wildman–Crippen MR) is 104 cm³/mol. The van der Waals surface area contributed by atoms with Gasteiger partial charge in [0.15, 0.2) is 6.10 Å². The van der Waals surface area contributed by atoms with E-state index in [1.54, 1.807) is 31.2 Å². The Labute approximate surface area is 159 Å². The molecule has 0 bridgehead atoms. The van der Waals surface area contributed by atoms with Gasteiger partial charge in [0.2, 0.25) is 0 Å². The Morgan fingerprint density at radius 2 is 1.78 bits per heavy atom. The lowest BCUT2D eigenvalue weighted by atomic mass is 10.1. The van der Waals surface area contributed by atoms with Crippen molar-refractivity contribution in [1.82, 2.24) is 10.9 Å². The summed E-state index contributed by atoms with van der Waals surface area (Å²) >= 11 is 0. The number of hydrogen-bond acceptors (Lipinski definition) is 4. The van der Waals surface area contributed by atoms with Crippen LogP contribution in [0.15, 0.2) is 42.5 Å². The molecule has 0 aliphatic rings. The average Bonchev–Trinajstić information content (AvgIpc) is 2.67. The van der Waals surface area contributed by atoms with Gasteiger partial charge in [0.25, 0.3) is 11.8 Å². The number of nitrogens with one attached hydrogen (secondary N) is 2. The first-order valence-electron chi connectivity index (χ1n) is 8.98. The molecule has 6 heteroatoms. The van der Waals surface area contributed by atoms with E-state index in [0.717, 1.165) is 17.5 Å². The molecule has 2 N–H and O–H groups in total. The van der Waals surface area contributed by atoms with Crippen LogP contribution in [0, 0.1) is 13.8 Å². The van der Waals surface area contributed by atoms with Gasteiger partial charge in [-0.3, -0.25) is 20.4 Å². The molecule has 0 saturated heterocycles. The summed E-state index contributed by atoms with van der Waals surface area (Å²) in [7, 11) is 0. The summed E-state index contributed by atoms with van der Waals surface area (Å²) in [6.07, 6.45) is 0.0669. The van der Waals surface area contributed by atoms with E-state index in [0.29, 0.717) is 23.7 Å². The summed E-state index contributed by atoms with van der Waals surface area (Å²) in [5, 5.41) is 0. The molecule has 2 amide bonds. The van der Waals surface area contributed by atoms with Crippen LogP contribution in [0.25, 0.3) is 0 Å². The van der Waals surface area contributed by atoms with Gasteiger partial charge in [-0.15, -0.1) is 0 Å². The maximum absolute atomic E-state index is 12.4.